The molecule has 0 aliphatic heterocycles. The van der Waals surface area contributed by atoms with E-state index in [-0.39, 0.29) is 47.7 Å². The van der Waals surface area contributed by atoms with Crippen molar-refractivity contribution in [2.75, 3.05) is 0 Å². The van der Waals surface area contributed by atoms with Gasteiger partial charge >= 0.3 is 29.6 Å². The smallest absolute Gasteiger partial charge is 0.550 e. The van der Waals surface area contributed by atoms with E-state index in [0.717, 1.165) is 11.1 Å². The van der Waals surface area contributed by atoms with Crippen LogP contribution < -0.4 is 34.7 Å². The summed E-state index contributed by atoms with van der Waals surface area (Å²) in [6.45, 7) is 1.96. The topological polar surface area (TPSA) is 40.1 Å². The third kappa shape index (κ3) is 4.44. The SMILES string of the molecule is Cc1ccc(C(CC(=O)[O-])c2cccc(F)c2)cc1.[Na+]. The summed E-state index contributed by atoms with van der Waals surface area (Å²) in [7, 11) is 0. The molecule has 98 valence electrons. The molecule has 0 N–H and O–H groups in total. The number of carbonyl (C=O) groups is 1. The molecular weight excluding hydrogens is 266 g/mol. The van der Waals surface area contributed by atoms with Crippen LogP contribution in [0.3, 0.4) is 0 Å². The molecule has 0 aliphatic rings. The number of carboxylic acids is 1. The van der Waals surface area contributed by atoms with Crippen molar-refractivity contribution in [1.82, 2.24) is 0 Å². The molecule has 2 aromatic carbocycles. The van der Waals surface area contributed by atoms with E-state index in [1.54, 1.807) is 12.1 Å². The van der Waals surface area contributed by atoms with Crippen molar-refractivity contribution >= 4 is 5.97 Å². The van der Waals surface area contributed by atoms with E-state index in [4.69, 9.17) is 0 Å². The second-order valence-electron chi connectivity index (χ2n) is 4.59. The van der Waals surface area contributed by atoms with Crippen LogP contribution >= 0.6 is 0 Å². The fourth-order valence-corrected chi connectivity index (χ4v) is 2.12. The van der Waals surface area contributed by atoms with Gasteiger partial charge in [0.25, 0.3) is 0 Å². The molecule has 2 nitrogen and oxygen atoms in total. The number of hydrogen-bond donors (Lipinski definition) is 0. The van der Waals surface area contributed by atoms with E-state index in [1.807, 2.05) is 31.2 Å². The van der Waals surface area contributed by atoms with Crippen molar-refractivity contribution in [1.29, 1.82) is 0 Å². The second-order valence-corrected chi connectivity index (χ2v) is 4.59. The van der Waals surface area contributed by atoms with Gasteiger partial charge in [0.15, 0.2) is 0 Å². The van der Waals surface area contributed by atoms with Crippen LogP contribution in [-0.4, -0.2) is 5.97 Å². The molecular formula is C16H14FNaO2. The summed E-state index contributed by atoms with van der Waals surface area (Å²) in [6.07, 6.45) is -0.160. The van der Waals surface area contributed by atoms with Crippen molar-refractivity contribution in [3.63, 3.8) is 0 Å². The zero-order valence-corrected chi connectivity index (χ0v) is 13.6. The van der Waals surface area contributed by atoms with Crippen molar-refractivity contribution in [2.45, 2.75) is 19.3 Å². The Hall–Kier alpha value is -1.16. The summed E-state index contributed by atoms with van der Waals surface area (Å²) in [4.78, 5) is 10.9. The monoisotopic (exact) mass is 280 g/mol. The van der Waals surface area contributed by atoms with E-state index in [0.29, 0.717) is 5.56 Å². The number of rotatable bonds is 4. The number of hydrogen-bond acceptors (Lipinski definition) is 2. The molecule has 4 heteroatoms. The van der Waals surface area contributed by atoms with E-state index in [1.165, 1.54) is 12.1 Å². The number of carboxylic acid groups (broad SMARTS) is 1. The second kappa shape index (κ2) is 7.58. The molecule has 0 saturated carbocycles. The maximum atomic E-state index is 13.3. The Morgan fingerprint density at radius 3 is 2.35 bits per heavy atom. The van der Waals surface area contributed by atoms with Crippen molar-refractivity contribution < 1.29 is 43.8 Å². The van der Waals surface area contributed by atoms with Gasteiger partial charge in [0, 0.05) is 11.9 Å². The first-order valence-corrected chi connectivity index (χ1v) is 6.08. The molecule has 1 atom stereocenters. The van der Waals surface area contributed by atoms with Crippen molar-refractivity contribution in [3.05, 3.63) is 71.0 Å². The van der Waals surface area contributed by atoms with Gasteiger partial charge in [-0.2, -0.15) is 0 Å². The normalized spacial score (nSPS) is 11.5. The van der Waals surface area contributed by atoms with Crippen LogP contribution in [0.15, 0.2) is 48.5 Å². The minimum Gasteiger partial charge on any atom is -0.550 e. The summed E-state index contributed by atoms with van der Waals surface area (Å²) >= 11 is 0. The fraction of sp³-hybridized carbons (Fsp3) is 0.188. The predicted octanol–water partition coefficient (Wildman–Crippen LogP) is -0.590. The van der Waals surface area contributed by atoms with Crippen molar-refractivity contribution in [2.24, 2.45) is 0 Å². The van der Waals surface area contributed by atoms with Gasteiger partial charge in [-0.25, -0.2) is 4.39 Å². The third-order valence-electron chi connectivity index (χ3n) is 3.10. The van der Waals surface area contributed by atoms with Gasteiger partial charge in [-0.05, 0) is 36.6 Å². The number of aliphatic carboxylic acids is 1. The maximum Gasteiger partial charge on any atom is 1.00 e. The van der Waals surface area contributed by atoms with Gasteiger partial charge in [0.2, 0.25) is 0 Å². The van der Waals surface area contributed by atoms with Crippen LogP contribution in [-0.2, 0) is 4.79 Å². The number of carbonyl (C=O) groups excluding carboxylic acids is 1. The van der Waals surface area contributed by atoms with Gasteiger partial charge < -0.3 is 9.90 Å². The third-order valence-corrected chi connectivity index (χ3v) is 3.10. The van der Waals surface area contributed by atoms with E-state index >= 15 is 0 Å². The Kier molecular flexibility index (Phi) is 6.40. The zero-order valence-electron chi connectivity index (χ0n) is 11.6. The summed E-state index contributed by atoms with van der Waals surface area (Å²) in [5, 5.41) is 10.9. The van der Waals surface area contributed by atoms with Gasteiger partial charge in [-0.3, -0.25) is 0 Å². The predicted molar refractivity (Wildman–Crippen MR) is 69.0 cm³/mol. The average Bonchev–Trinajstić information content (AvgIpc) is 2.37. The number of benzene rings is 2. The summed E-state index contributed by atoms with van der Waals surface area (Å²) in [6, 6.07) is 13.6. The molecule has 1 unspecified atom stereocenters. The van der Waals surface area contributed by atoms with Gasteiger partial charge in [-0.1, -0.05) is 42.0 Å². The molecule has 0 heterocycles. The largest absolute Gasteiger partial charge is 1.00 e. The molecule has 20 heavy (non-hydrogen) atoms. The van der Waals surface area contributed by atoms with Crippen LogP contribution in [0, 0.1) is 12.7 Å². The first-order valence-electron chi connectivity index (χ1n) is 6.08. The summed E-state index contributed by atoms with van der Waals surface area (Å²) < 4.78 is 13.3. The minimum atomic E-state index is -1.14. The molecule has 0 spiro atoms. The van der Waals surface area contributed by atoms with E-state index in [9.17, 15) is 14.3 Å². The van der Waals surface area contributed by atoms with Gasteiger partial charge in [0.05, 0.1) is 0 Å². The quantitative estimate of drug-likeness (QED) is 0.702. The van der Waals surface area contributed by atoms with Crippen LogP contribution in [0.4, 0.5) is 4.39 Å². The van der Waals surface area contributed by atoms with Crippen LogP contribution in [0.2, 0.25) is 0 Å². The van der Waals surface area contributed by atoms with Crippen LogP contribution in [0.1, 0.15) is 29.0 Å². The molecule has 0 fully saturated rings. The maximum absolute atomic E-state index is 13.3. The van der Waals surface area contributed by atoms with Gasteiger partial charge in [0.1, 0.15) is 5.82 Å². The first kappa shape index (κ1) is 16.9. The standard InChI is InChI=1S/C16H15FO2.Na/c1-11-5-7-12(8-6-11)15(10-16(18)19)13-3-2-4-14(17)9-13;/h2-9,15H,10H2,1H3,(H,18,19);/q;+1/p-1. The Bertz CT molecular complexity index is 581. The molecule has 0 aromatic heterocycles. The Balaban J connectivity index is 0.00000200. The van der Waals surface area contributed by atoms with E-state index in [2.05, 4.69) is 0 Å². The molecule has 0 aliphatic carbocycles. The molecule has 2 rings (SSSR count). The van der Waals surface area contributed by atoms with Gasteiger partial charge in [-0.15, -0.1) is 0 Å². The Labute approximate surface area is 139 Å². The molecule has 0 amide bonds. The van der Waals surface area contributed by atoms with Crippen molar-refractivity contribution in [3.8, 4) is 0 Å². The Morgan fingerprint density at radius 1 is 1.15 bits per heavy atom. The molecule has 0 bridgehead atoms. The summed E-state index contributed by atoms with van der Waals surface area (Å²) in [5.74, 6) is -1.90. The molecule has 2 aromatic rings. The number of halogens is 1. The zero-order chi connectivity index (χ0) is 13.8. The summed E-state index contributed by atoms with van der Waals surface area (Å²) in [5.41, 5.74) is 2.59. The number of aryl methyl sites for hydroxylation is 1. The van der Waals surface area contributed by atoms with Crippen LogP contribution in [0.5, 0.6) is 0 Å². The fourth-order valence-electron chi connectivity index (χ4n) is 2.12. The Morgan fingerprint density at radius 2 is 1.80 bits per heavy atom. The first-order chi connectivity index (χ1) is 9.06. The molecule has 0 radical (unpaired) electrons. The molecule has 0 saturated heterocycles. The minimum absolute atomic E-state index is 0. The van der Waals surface area contributed by atoms with E-state index < -0.39 is 5.97 Å². The average molecular weight is 280 g/mol. The van der Waals surface area contributed by atoms with Crippen LogP contribution in [0.25, 0.3) is 0 Å².